The van der Waals surface area contributed by atoms with E-state index in [2.05, 4.69) is 4.98 Å². The third kappa shape index (κ3) is 3.39. The van der Waals surface area contributed by atoms with Crippen LogP contribution >= 0.6 is 0 Å². The highest BCUT2D eigenvalue weighted by Gasteiger charge is 2.12. The first kappa shape index (κ1) is 13.2. The Labute approximate surface area is 112 Å². The minimum atomic E-state index is -0.0801. The van der Waals surface area contributed by atoms with Gasteiger partial charge in [-0.15, -0.1) is 0 Å². The fourth-order valence-corrected chi connectivity index (χ4v) is 1.81. The molecule has 0 aliphatic rings. The van der Waals surface area contributed by atoms with Gasteiger partial charge in [0.25, 0.3) is 5.91 Å². The highest BCUT2D eigenvalue weighted by Crippen LogP contribution is 2.08. The number of hydrogen-bond acceptors (Lipinski definition) is 3. The number of pyridine rings is 1. The van der Waals surface area contributed by atoms with Gasteiger partial charge in [0.1, 0.15) is 5.69 Å². The second-order valence-electron chi connectivity index (χ2n) is 4.40. The van der Waals surface area contributed by atoms with Crippen molar-refractivity contribution in [1.82, 2.24) is 9.88 Å². The number of carbonyl (C=O) groups excluding carboxylic acids is 1. The average molecular weight is 255 g/mol. The van der Waals surface area contributed by atoms with E-state index in [4.69, 9.17) is 5.73 Å². The molecule has 0 atom stereocenters. The number of aromatic nitrogens is 1. The zero-order valence-corrected chi connectivity index (χ0v) is 10.9. The first-order valence-electron chi connectivity index (χ1n) is 6.15. The summed E-state index contributed by atoms with van der Waals surface area (Å²) in [5.41, 5.74) is 8.17. The van der Waals surface area contributed by atoms with Gasteiger partial charge in [-0.05, 0) is 23.3 Å². The molecule has 0 aliphatic carbocycles. The minimum Gasteiger partial charge on any atom is -0.336 e. The van der Waals surface area contributed by atoms with E-state index < -0.39 is 0 Å². The van der Waals surface area contributed by atoms with Crippen molar-refractivity contribution < 1.29 is 4.79 Å². The summed E-state index contributed by atoms with van der Waals surface area (Å²) >= 11 is 0. The average Bonchev–Trinajstić information content (AvgIpc) is 2.48. The van der Waals surface area contributed by atoms with Gasteiger partial charge in [0.2, 0.25) is 0 Å². The standard InChI is InChI=1S/C15H17N3O/c1-18(15(19)14-4-2-3-9-17-14)11-13-7-5-12(10-16)6-8-13/h2-9H,10-11,16H2,1H3. The van der Waals surface area contributed by atoms with E-state index in [1.807, 2.05) is 30.3 Å². The lowest BCUT2D eigenvalue weighted by molar-refractivity contribution is 0.0779. The molecule has 0 fully saturated rings. The fraction of sp³-hybridized carbons (Fsp3) is 0.200. The van der Waals surface area contributed by atoms with E-state index in [9.17, 15) is 4.79 Å². The van der Waals surface area contributed by atoms with Crippen molar-refractivity contribution in [2.24, 2.45) is 5.73 Å². The van der Waals surface area contributed by atoms with Crippen LogP contribution in [0.3, 0.4) is 0 Å². The lowest BCUT2D eigenvalue weighted by Gasteiger charge is -2.16. The Bertz CT molecular complexity index is 537. The SMILES string of the molecule is CN(Cc1ccc(CN)cc1)C(=O)c1ccccn1. The first-order valence-corrected chi connectivity index (χ1v) is 6.15. The Kier molecular flexibility index (Phi) is 4.26. The van der Waals surface area contributed by atoms with Crippen LogP contribution in [-0.4, -0.2) is 22.8 Å². The van der Waals surface area contributed by atoms with Gasteiger partial charge in [0, 0.05) is 26.3 Å². The van der Waals surface area contributed by atoms with Crippen molar-refractivity contribution in [2.45, 2.75) is 13.1 Å². The molecule has 4 heteroatoms. The Morgan fingerprint density at radius 3 is 2.42 bits per heavy atom. The zero-order valence-electron chi connectivity index (χ0n) is 10.9. The van der Waals surface area contributed by atoms with Crippen LogP contribution in [0.15, 0.2) is 48.7 Å². The molecule has 1 aromatic carbocycles. The molecule has 0 saturated heterocycles. The summed E-state index contributed by atoms with van der Waals surface area (Å²) in [5, 5.41) is 0. The second-order valence-corrected chi connectivity index (χ2v) is 4.40. The van der Waals surface area contributed by atoms with Crippen LogP contribution in [0.25, 0.3) is 0 Å². The number of carbonyl (C=O) groups is 1. The van der Waals surface area contributed by atoms with Crippen molar-refractivity contribution in [3.05, 3.63) is 65.5 Å². The van der Waals surface area contributed by atoms with Crippen molar-refractivity contribution in [3.63, 3.8) is 0 Å². The van der Waals surface area contributed by atoms with E-state index in [0.717, 1.165) is 11.1 Å². The van der Waals surface area contributed by atoms with Crippen LogP contribution in [0, 0.1) is 0 Å². The number of amides is 1. The van der Waals surface area contributed by atoms with E-state index >= 15 is 0 Å². The lowest BCUT2D eigenvalue weighted by Crippen LogP contribution is -2.26. The Hall–Kier alpha value is -2.20. The summed E-state index contributed by atoms with van der Waals surface area (Å²) in [4.78, 5) is 17.8. The first-order chi connectivity index (χ1) is 9.20. The largest absolute Gasteiger partial charge is 0.336 e. The molecule has 4 nitrogen and oxygen atoms in total. The van der Waals surface area contributed by atoms with Gasteiger partial charge >= 0.3 is 0 Å². The fourth-order valence-electron chi connectivity index (χ4n) is 1.81. The molecule has 98 valence electrons. The maximum Gasteiger partial charge on any atom is 0.272 e. The number of rotatable bonds is 4. The maximum atomic E-state index is 12.1. The summed E-state index contributed by atoms with van der Waals surface area (Å²) in [7, 11) is 1.77. The third-order valence-corrected chi connectivity index (χ3v) is 2.91. The minimum absolute atomic E-state index is 0.0801. The summed E-state index contributed by atoms with van der Waals surface area (Å²) < 4.78 is 0. The number of nitrogens with zero attached hydrogens (tertiary/aromatic N) is 2. The molecule has 1 heterocycles. The predicted molar refractivity (Wildman–Crippen MR) is 74.4 cm³/mol. The van der Waals surface area contributed by atoms with E-state index in [1.54, 1.807) is 30.3 Å². The summed E-state index contributed by atoms with van der Waals surface area (Å²) in [6, 6.07) is 13.3. The van der Waals surface area contributed by atoms with Gasteiger partial charge in [-0.25, -0.2) is 0 Å². The second kappa shape index (κ2) is 6.11. The number of nitrogens with two attached hydrogens (primary N) is 1. The van der Waals surface area contributed by atoms with Crippen LogP contribution in [0.2, 0.25) is 0 Å². The molecule has 2 rings (SSSR count). The summed E-state index contributed by atoms with van der Waals surface area (Å²) in [6.45, 7) is 1.09. The zero-order chi connectivity index (χ0) is 13.7. The normalized spacial score (nSPS) is 10.2. The monoisotopic (exact) mass is 255 g/mol. The summed E-state index contributed by atoms with van der Waals surface area (Å²) in [5.74, 6) is -0.0801. The Morgan fingerprint density at radius 1 is 1.16 bits per heavy atom. The molecule has 0 spiro atoms. The molecular formula is C15H17N3O. The number of benzene rings is 1. The molecule has 0 bridgehead atoms. The van der Waals surface area contributed by atoms with Crippen molar-refractivity contribution >= 4 is 5.91 Å². The molecule has 0 unspecified atom stereocenters. The van der Waals surface area contributed by atoms with Gasteiger partial charge in [-0.3, -0.25) is 9.78 Å². The Balaban J connectivity index is 2.04. The van der Waals surface area contributed by atoms with E-state index in [0.29, 0.717) is 18.8 Å². The van der Waals surface area contributed by atoms with Crippen LogP contribution in [-0.2, 0) is 13.1 Å². The summed E-state index contributed by atoms with van der Waals surface area (Å²) in [6.07, 6.45) is 1.62. The lowest BCUT2D eigenvalue weighted by atomic mass is 10.1. The predicted octanol–water partition coefficient (Wildman–Crippen LogP) is 1.81. The van der Waals surface area contributed by atoms with Gasteiger partial charge in [-0.1, -0.05) is 30.3 Å². The van der Waals surface area contributed by atoms with Gasteiger partial charge < -0.3 is 10.6 Å². The maximum absolute atomic E-state index is 12.1. The van der Waals surface area contributed by atoms with Crippen LogP contribution in [0.4, 0.5) is 0 Å². The third-order valence-electron chi connectivity index (χ3n) is 2.91. The van der Waals surface area contributed by atoms with Gasteiger partial charge in [0.05, 0.1) is 0 Å². The molecule has 19 heavy (non-hydrogen) atoms. The highest BCUT2D eigenvalue weighted by molar-refractivity contribution is 5.91. The van der Waals surface area contributed by atoms with Crippen molar-refractivity contribution in [2.75, 3.05) is 7.05 Å². The van der Waals surface area contributed by atoms with E-state index in [1.165, 1.54) is 0 Å². The number of hydrogen-bond donors (Lipinski definition) is 1. The molecule has 2 N–H and O–H groups in total. The quantitative estimate of drug-likeness (QED) is 0.906. The molecular weight excluding hydrogens is 238 g/mol. The smallest absolute Gasteiger partial charge is 0.272 e. The molecule has 0 aliphatic heterocycles. The molecule has 0 saturated carbocycles. The molecule has 2 aromatic rings. The molecule has 1 aromatic heterocycles. The van der Waals surface area contributed by atoms with Gasteiger partial charge in [0.15, 0.2) is 0 Å². The molecule has 1 amide bonds. The Morgan fingerprint density at radius 2 is 1.84 bits per heavy atom. The molecule has 0 radical (unpaired) electrons. The highest BCUT2D eigenvalue weighted by atomic mass is 16.2. The van der Waals surface area contributed by atoms with Crippen LogP contribution in [0.5, 0.6) is 0 Å². The van der Waals surface area contributed by atoms with Crippen LogP contribution in [0.1, 0.15) is 21.6 Å². The van der Waals surface area contributed by atoms with Crippen LogP contribution < -0.4 is 5.73 Å². The topological polar surface area (TPSA) is 59.2 Å². The van der Waals surface area contributed by atoms with E-state index in [-0.39, 0.29) is 5.91 Å². The van der Waals surface area contributed by atoms with Gasteiger partial charge in [-0.2, -0.15) is 0 Å². The van der Waals surface area contributed by atoms with Crippen molar-refractivity contribution in [3.8, 4) is 0 Å². The van der Waals surface area contributed by atoms with Crippen molar-refractivity contribution in [1.29, 1.82) is 0 Å².